The summed E-state index contributed by atoms with van der Waals surface area (Å²) >= 11 is 0. The summed E-state index contributed by atoms with van der Waals surface area (Å²) in [7, 11) is 3.97. The van der Waals surface area contributed by atoms with Gasteiger partial charge in [-0.2, -0.15) is 0 Å². The smallest absolute Gasteiger partial charge is 0.244 e. The molecule has 1 aliphatic carbocycles. The lowest BCUT2D eigenvalue weighted by Gasteiger charge is -2.37. The van der Waals surface area contributed by atoms with E-state index in [0.29, 0.717) is 6.42 Å². The average Bonchev–Trinajstić information content (AvgIpc) is 2.98. The first-order valence-corrected chi connectivity index (χ1v) is 9.00. The Morgan fingerprint density at radius 1 is 1.28 bits per heavy atom. The maximum atomic E-state index is 12.4. The molecule has 1 saturated carbocycles. The minimum Gasteiger partial charge on any atom is -0.347 e. The highest BCUT2D eigenvalue weighted by molar-refractivity contribution is 5.88. The molecule has 1 aliphatic rings. The highest BCUT2D eigenvalue weighted by Crippen LogP contribution is 2.31. The fourth-order valence-corrected chi connectivity index (χ4v) is 3.56. The van der Waals surface area contributed by atoms with Crippen LogP contribution in [0.5, 0.6) is 0 Å². The Kier molecular flexibility index (Phi) is 5.48. The third-order valence-corrected chi connectivity index (χ3v) is 4.82. The van der Waals surface area contributed by atoms with Crippen LogP contribution >= 0.6 is 0 Å². The van der Waals surface area contributed by atoms with E-state index in [1.54, 1.807) is 6.08 Å². The number of hydrogen-bond acceptors (Lipinski definition) is 4. The second-order valence-electron chi connectivity index (χ2n) is 7.22. The highest BCUT2D eigenvalue weighted by Gasteiger charge is 2.34. The fraction of sp³-hybridized carbons (Fsp3) is 0.526. The zero-order valence-electron chi connectivity index (χ0n) is 15.1. The van der Waals surface area contributed by atoms with Crippen molar-refractivity contribution in [3.63, 3.8) is 0 Å². The van der Waals surface area contributed by atoms with Crippen LogP contribution in [0.2, 0.25) is 0 Å². The van der Waals surface area contributed by atoms with Gasteiger partial charge in [0.1, 0.15) is 5.82 Å². The van der Waals surface area contributed by atoms with E-state index in [1.807, 2.05) is 53.9 Å². The molecule has 2 aromatic heterocycles. The summed E-state index contributed by atoms with van der Waals surface area (Å²) in [5.41, 5.74) is 0.622. The predicted octanol–water partition coefficient (Wildman–Crippen LogP) is 2.21. The summed E-state index contributed by atoms with van der Waals surface area (Å²) in [5, 5.41) is 11.9. The van der Waals surface area contributed by atoms with E-state index >= 15 is 0 Å². The molecule has 25 heavy (non-hydrogen) atoms. The number of likely N-dealkylation sites (N-methyl/N-ethyl adjacent to an activating group) is 1. The molecule has 2 aromatic rings. The highest BCUT2D eigenvalue weighted by atomic mass is 16.1. The van der Waals surface area contributed by atoms with Gasteiger partial charge in [-0.1, -0.05) is 31.4 Å². The van der Waals surface area contributed by atoms with Gasteiger partial charge in [0.2, 0.25) is 5.91 Å². The average molecular weight is 341 g/mol. The number of hydrogen-bond donors (Lipinski definition) is 1. The van der Waals surface area contributed by atoms with E-state index < -0.39 is 0 Å². The van der Waals surface area contributed by atoms with Gasteiger partial charge < -0.3 is 10.2 Å². The SMILES string of the molecule is CN(C)C/C=C/C(=O)NC1(Cc2nnc3ccccn23)CCCCC1. The molecule has 1 amide bonds. The van der Waals surface area contributed by atoms with Crippen LogP contribution in [0.3, 0.4) is 0 Å². The first-order chi connectivity index (χ1) is 12.1. The van der Waals surface area contributed by atoms with Crippen LogP contribution in [0.1, 0.15) is 37.9 Å². The van der Waals surface area contributed by atoms with Gasteiger partial charge in [-0.15, -0.1) is 10.2 Å². The summed E-state index contributed by atoms with van der Waals surface area (Å²) < 4.78 is 2.02. The van der Waals surface area contributed by atoms with Crippen LogP contribution in [0.25, 0.3) is 5.65 Å². The summed E-state index contributed by atoms with van der Waals surface area (Å²) in [6.45, 7) is 0.759. The van der Waals surface area contributed by atoms with E-state index in [1.165, 1.54) is 6.42 Å². The minimum atomic E-state index is -0.226. The lowest BCUT2D eigenvalue weighted by atomic mass is 9.79. The van der Waals surface area contributed by atoms with Gasteiger partial charge in [0.15, 0.2) is 5.65 Å². The lowest BCUT2D eigenvalue weighted by molar-refractivity contribution is -0.118. The lowest BCUT2D eigenvalue weighted by Crippen LogP contribution is -2.51. The minimum absolute atomic E-state index is 0.0161. The van der Waals surface area contributed by atoms with Crippen LogP contribution in [-0.4, -0.2) is 51.6 Å². The van der Waals surface area contributed by atoms with Crippen LogP contribution in [0.4, 0.5) is 0 Å². The van der Waals surface area contributed by atoms with Crippen molar-refractivity contribution < 1.29 is 4.79 Å². The van der Waals surface area contributed by atoms with Gasteiger partial charge >= 0.3 is 0 Å². The van der Waals surface area contributed by atoms with E-state index in [2.05, 4.69) is 15.5 Å². The molecular formula is C19H27N5O. The van der Waals surface area contributed by atoms with Crippen molar-refractivity contribution >= 4 is 11.6 Å². The predicted molar refractivity (Wildman–Crippen MR) is 98.3 cm³/mol. The van der Waals surface area contributed by atoms with Crippen molar-refractivity contribution in [2.75, 3.05) is 20.6 Å². The number of aromatic nitrogens is 3. The van der Waals surface area contributed by atoms with Crippen molar-refractivity contribution in [2.24, 2.45) is 0 Å². The molecular weight excluding hydrogens is 314 g/mol. The van der Waals surface area contributed by atoms with E-state index in [0.717, 1.165) is 43.7 Å². The zero-order valence-corrected chi connectivity index (χ0v) is 15.1. The second kappa shape index (κ2) is 7.78. The molecule has 1 fully saturated rings. The van der Waals surface area contributed by atoms with Gasteiger partial charge in [0, 0.05) is 30.8 Å². The molecule has 134 valence electrons. The molecule has 0 aromatic carbocycles. The van der Waals surface area contributed by atoms with Gasteiger partial charge in [-0.25, -0.2) is 0 Å². The maximum Gasteiger partial charge on any atom is 0.244 e. The van der Waals surface area contributed by atoms with Crippen molar-refractivity contribution in [3.05, 3.63) is 42.4 Å². The Morgan fingerprint density at radius 3 is 2.84 bits per heavy atom. The molecule has 1 N–H and O–H groups in total. The van der Waals surface area contributed by atoms with Crippen LogP contribution < -0.4 is 5.32 Å². The van der Waals surface area contributed by atoms with Crippen molar-refractivity contribution in [2.45, 2.75) is 44.1 Å². The molecule has 0 radical (unpaired) electrons. The Morgan fingerprint density at radius 2 is 2.08 bits per heavy atom. The summed E-state index contributed by atoms with van der Waals surface area (Å²) in [6, 6.07) is 5.89. The zero-order chi connectivity index (χ0) is 17.7. The molecule has 6 nitrogen and oxygen atoms in total. The first-order valence-electron chi connectivity index (χ1n) is 9.00. The largest absolute Gasteiger partial charge is 0.347 e. The number of nitrogens with zero attached hydrogens (tertiary/aromatic N) is 4. The van der Waals surface area contributed by atoms with E-state index in [9.17, 15) is 4.79 Å². The van der Waals surface area contributed by atoms with Crippen LogP contribution in [-0.2, 0) is 11.2 Å². The number of pyridine rings is 1. The van der Waals surface area contributed by atoms with Gasteiger partial charge in [0.05, 0.1) is 0 Å². The van der Waals surface area contributed by atoms with E-state index in [-0.39, 0.29) is 11.4 Å². The molecule has 0 spiro atoms. The number of fused-ring (bicyclic) bond motifs is 1. The number of amides is 1. The fourth-order valence-electron chi connectivity index (χ4n) is 3.56. The summed E-state index contributed by atoms with van der Waals surface area (Å²) in [4.78, 5) is 14.5. The first kappa shape index (κ1) is 17.6. The summed E-state index contributed by atoms with van der Waals surface area (Å²) in [6.07, 6.45) is 11.7. The number of nitrogens with one attached hydrogen (secondary N) is 1. The standard InChI is InChI=1S/C19H27N5O/c1-23(2)13-8-10-18(25)20-19(11-5-3-6-12-19)15-17-22-21-16-9-4-7-14-24(16)17/h4,7-10,14H,3,5-6,11-13,15H2,1-2H3,(H,20,25)/b10-8+. The molecule has 6 heteroatoms. The van der Waals surface area contributed by atoms with Crippen molar-refractivity contribution in [1.82, 2.24) is 24.8 Å². The maximum absolute atomic E-state index is 12.4. The summed E-state index contributed by atoms with van der Waals surface area (Å²) in [5.74, 6) is 0.896. The molecule has 0 unspecified atom stereocenters. The normalized spacial score (nSPS) is 17.4. The topological polar surface area (TPSA) is 62.5 Å². The Bertz CT molecular complexity index is 743. The van der Waals surface area contributed by atoms with Crippen molar-refractivity contribution in [3.8, 4) is 0 Å². The number of rotatable bonds is 6. The van der Waals surface area contributed by atoms with Crippen LogP contribution in [0, 0.1) is 0 Å². The van der Waals surface area contributed by atoms with Gasteiger partial charge in [-0.3, -0.25) is 9.20 Å². The molecule has 2 heterocycles. The monoisotopic (exact) mass is 341 g/mol. The Hall–Kier alpha value is -2.21. The Balaban J connectivity index is 1.76. The van der Waals surface area contributed by atoms with Gasteiger partial charge in [0.25, 0.3) is 0 Å². The molecule has 0 saturated heterocycles. The third-order valence-electron chi connectivity index (χ3n) is 4.82. The van der Waals surface area contributed by atoms with E-state index in [4.69, 9.17) is 0 Å². The second-order valence-corrected chi connectivity index (χ2v) is 7.22. The van der Waals surface area contributed by atoms with Crippen LogP contribution in [0.15, 0.2) is 36.5 Å². The quantitative estimate of drug-likeness (QED) is 0.818. The molecule has 0 atom stereocenters. The molecule has 0 bridgehead atoms. The number of carbonyl (C=O) groups excluding carboxylic acids is 1. The third kappa shape index (κ3) is 4.45. The Labute approximate surface area is 148 Å². The van der Waals surface area contributed by atoms with Gasteiger partial charge in [-0.05, 0) is 39.1 Å². The molecule has 3 rings (SSSR count). The molecule has 0 aliphatic heterocycles. The van der Waals surface area contributed by atoms with Crippen molar-refractivity contribution in [1.29, 1.82) is 0 Å². The number of carbonyl (C=O) groups is 1.